The lowest BCUT2D eigenvalue weighted by Crippen LogP contribution is -2.37. The van der Waals surface area contributed by atoms with Gasteiger partial charge in [-0.3, -0.25) is 0 Å². The van der Waals surface area contributed by atoms with Crippen LogP contribution in [0.3, 0.4) is 0 Å². The molecule has 2 fully saturated rings. The summed E-state index contributed by atoms with van der Waals surface area (Å²) < 4.78 is 59.6. The van der Waals surface area contributed by atoms with E-state index in [1.807, 2.05) is 36.4 Å². The molecule has 0 radical (unpaired) electrons. The van der Waals surface area contributed by atoms with Crippen molar-refractivity contribution in [3.8, 4) is 5.75 Å². The number of halogens is 2. The van der Waals surface area contributed by atoms with Gasteiger partial charge in [-0.1, -0.05) is 42.5 Å². The Morgan fingerprint density at radius 2 is 1.88 bits per heavy atom. The molecule has 216 valence electrons. The number of aromatic nitrogens is 1. The molecule has 2 saturated carbocycles. The number of hydrogen-bond donors (Lipinski definition) is 1. The van der Waals surface area contributed by atoms with Crippen molar-refractivity contribution in [3.05, 3.63) is 83.3 Å². The normalized spacial score (nSPS) is 25.2. The Bertz CT molecular complexity index is 1380. The molecule has 2 aromatic carbocycles. The fraction of sp³-hybridized carbons (Fsp3) is 0.500. The van der Waals surface area contributed by atoms with Gasteiger partial charge in [-0.15, -0.1) is 11.6 Å². The molecule has 10 heteroatoms. The molecule has 2 aliphatic rings. The SMILES string of the molecule is CS(=O)(=O)N[C@H]1CC[C@](COC2CCC(c3cccc(F)c3OCc3ccccc3)CC2)(c2nc(CCl)co2)C1. The zero-order chi connectivity index (χ0) is 28.2. The smallest absolute Gasteiger partial charge is 0.208 e. The third kappa shape index (κ3) is 7.05. The predicted molar refractivity (Wildman–Crippen MR) is 151 cm³/mol. The van der Waals surface area contributed by atoms with Crippen LogP contribution >= 0.6 is 11.6 Å². The summed E-state index contributed by atoms with van der Waals surface area (Å²) in [6.07, 6.45) is 8.07. The standard InChI is InChI=1S/C30H36ClFN2O5S/c1-40(35,36)34-23-14-15-30(16-23,29-33-24(17-31)19-38-29)20-39-25-12-10-22(11-13-25)26-8-5-9-27(32)28(26)37-18-21-6-3-2-4-7-21/h2-9,19,22-23,25,34H,10-18,20H2,1H3/t22?,23-,25?,30-/m0/s1. The van der Waals surface area contributed by atoms with E-state index >= 15 is 0 Å². The minimum absolute atomic E-state index is 0.0414. The maximum atomic E-state index is 14.8. The van der Waals surface area contributed by atoms with Crippen LogP contribution in [-0.2, 0) is 32.7 Å². The summed E-state index contributed by atoms with van der Waals surface area (Å²) in [5.41, 5.74) is 2.03. The second kappa shape index (κ2) is 12.6. The van der Waals surface area contributed by atoms with Crippen LogP contribution in [0.4, 0.5) is 4.39 Å². The van der Waals surface area contributed by atoms with Crippen molar-refractivity contribution in [3.63, 3.8) is 0 Å². The molecule has 3 aromatic rings. The summed E-state index contributed by atoms with van der Waals surface area (Å²) in [6, 6.07) is 14.7. The molecule has 40 heavy (non-hydrogen) atoms. The Morgan fingerprint density at radius 3 is 2.58 bits per heavy atom. The summed E-state index contributed by atoms with van der Waals surface area (Å²) in [5, 5.41) is 0. The zero-order valence-electron chi connectivity index (χ0n) is 22.7. The van der Waals surface area contributed by atoms with Crippen molar-refractivity contribution in [2.75, 3.05) is 12.9 Å². The highest BCUT2D eigenvalue weighted by Crippen LogP contribution is 2.44. The molecule has 0 saturated heterocycles. The van der Waals surface area contributed by atoms with Crippen molar-refractivity contribution in [2.45, 2.75) is 80.9 Å². The van der Waals surface area contributed by atoms with Gasteiger partial charge in [0, 0.05) is 11.6 Å². The molecule has 5 rings (SSSR count). The first-order valence-electron chi connectivity index (χ1n) is 13.8. The molecular weight excluding hydrogens is 555 g/mol. The summed E-state index contributed by atoms with van der Waals surface area (Å²) >= 11 is 5.97. The molecule has 0 amide bonds. The van der Waals surface area contributed by atoms with E-state index in [0.717, 1.165) is 36.8 Å². The topological polar surface area (TPSA) is 90.7 Å². The van der Waals surface area contributed by atoms with E-state index in [9.17, 15) is 12.8 Å². The molecule has 0 aliphatic heterocycles. The summed E-state index contributed by atoms with van der Waals surface area (Å²) in [7, 11) is -3.33. The maximum Gasteiger partial charge on any atom is 0.208 e. The van der Waals surface area contributed by atoms with Gasteiger partial charge in [-0.2, -0.15) is 0 Å². The van der Waals surface area contributed by atoms with Crippen LogP contribution in [0.5, 0.6) is 5.75 Å². The third-order valence-corrected chi connectivity index (χ3v) is 9.10. The summed E-state index contributed by atoms with van der Waals surface area (Å²) in [4.78, 5) is 4.58. The zero-order valence-corrected chi connectivity index (χ0v) is 24.2. The van der Waals surface area contributed by atoms with Crippen LogP contribution in [0.2, 0.25) is 0 Å². The number of para-hydroxylation sites is 1. The van der Waals surface area contributed by atoms with Gasteiger partial charge in [-0.05, 0) is 62.5 Å². The largest absolute Gasteiger partial charge is 0.486 e. The van der Waals surface area contributed by atoms with Crippen LogP contribution < -0.4 is 9.46 Å². The lowest BCUT2D eigenvalue weighted by atomic mass is 9.82. The first-order chi connectivity index (χ1) is 19.2. The second-order valence-corrected chi connectivity index (χ2v) is 13.2. The van der Waals surface area contributed by atoms with Crippen LogP contribution in [0.15, 0.2) is 59.2 Å². The van der Waals surface area contributed by atoms with Crippen LogP contribution in [-0.4, -0.2) is 38.4 Å². The Morgan fingerprint density at radius 1 is 1.10 bits per heavy atom. The average Bonchev–Trinajstić information content (AvgIpc) is 3.59. The van der Waals surface area contributed by atoms with Gasteiger partial charge in [0.15, 0.2) is 11.6 Å². The van der Waals surface area contributed by atoms with E-state index in [-0.39, 0.29) is 29.8 Å². The third-order valence-electron chi connectivity index (χ3n) is 8.06. The van der Waals surface area contributed by atoms with Gasteiger partial charge >= 0.3 is 0 Å². The molecule has 0 unspecified atom stereocenters. The molecular formula is C30H36ClFN2O5S. The number of hydrogen-bond acceptors (Lipinski definition) is 6. The van der Waals surface area contributed by atoms with E-state index in [1.165, 1.54) is 12.3 Å². The summed E-state index contributed by atoms with van der Waals surface area (Å²) in [6.45, 7) is 0.703. The van der Waals surface area contributed by atoms with Crippen LogP contribution in [0, 0.1) is 5.82 Å². The first kappa shape index (κ1) is 29.0. The van der Waals surface area contributed by atoms with Crippen LogP contribution in [0.25, 0.3) is 0 Å². The molecule has 0 bridgehead atoms. The number of alkyl halides is 1. The van der Waals surface area contributed by atoms with Crippen LogP contribution in [0.1, 0.15) is 73.6 Å². The molecule has 2 aliphatic carbocycles. The number of oxazole rings is 1. The van der Waals surface area contributed by atoms with E-state index in [0.29, 0.717) is 49.8 Å². The van der Waals surface area contributed by atoms with Crippen molar-refractivity contribution < 1.29 is 26.7 Å². The number of nitrogens with zero attached hydrogens (tertiary/aromatic N) is 1. The minimum atomic E-state index is -3.33. The Kier molecular flexibility index (Phi) is 9.14. The van der Waals surface area contributed by atoms with Gasteiger partial charge in [0.2, 0.25) is 15.9 Å². The fourth-order valence-electron chi connectivity index (χ4n) is 6.08. The number of sulfonamides is 1. The van der Waals surface area contributed by atoms with Gasteiger partial charge in [0.1, 0.15) is 12.9 Å². The molecule has 1 heterocycles. The molecule has 2 atom stereocenters. The molecule has 7 nitrogen and oxygen atoms in total. The Balaban J connectivity index is 1.22. The van der Waals surface area contributed by atoms with Gasteiger partial charge < -0.3 is 13.9 Å². The van der Waals surface area contributed by atoms with E-state index in [2.05, 4.69) is 9.71 Å². The highest BCUT2D eigenvalue weighted by molar-refractivity contribution is 7.88. The predicted octanol–water partition coefficient (Wildman–Crippen LogP) is 6.21. The van der Waals surface area contributed by atoms with Gasteiger partial charge in [0.25, 0.3) is 0 Å². The fourth-order valence-corrected chi connectivity index (χ4v) is 7.00. The van der Waals surface area contributed by atoms with Crippen molar-refractivity contribution in [2.24, 2.45) is 0 Å². The first-order valence-corrected chi connectivity index (χ1v) is 16.2. The molecule has 0 spiro atoms. The minimum Gasteiger partial charge on any atom is -0.486 e. The lowest BCUT2D eigenvalue weighted by Gasteiger charge is -2.33. The lowest BCUT2D eigenvalue weighted by molar-refractivity contribution is -0.0102. The van der Waals surface area contributed by atoms with E-state index in [4.69, 9.17) is 25.5 Å². The Labute approximate surface area is 240 Å². The van der Waals surface area contributed by atoms with Crippen molar-refractivity contribution in [1.82, 2.24) is 9.71 Å². The van der Waals surface area contributed by atoms with Gasteiger partial charge in [-0.25, -0.2) is 22.5 Å². The van der Waals surface area contributed by atoms with Crippen molar-refractivity contribution >= 4 is 21.6 Å². The highest BCUT2D eigenvalue weighted by Gasteiger charge is 2.46. The van der Waals surface area contributed by atoms with E-state index < -0.39 is 15.4 Å². The number of rotatable bonds is 11. The molecule has 1 N–H and O–H groups in total. The maximum absolute atomic E-state index is 14.8. The number of benzene rings is 2. The molecule has 1 aromatic heterocycles. The Hall–Kier alpha value is -2.46. The quantitative estimate of drug-likeness (QED) is 0.267. The number of ether oxygens (including phenoxy) is 2. The highest BCUT2D eigenvalue weighted by atomic mass is 35.5. The summed E-state index contributed by atoms with van der Waals surface area (Å²) in [5.74, 6) is 0.975. The second-order valence-electron chi connectivity index (χ2n) is 11.1. The average molecular weight is 591 g/mol. The monoisotopic (exact) mass is 590 g/mol. The van der Waals surface area contributed by atoms with Crippen molar-refractivity contribution in [1.29, 1.82) is 0 Å². The van der Waals surface area contributed by atoms with E-state index in [1.54, 1.807) is 12.3 Å². The number of nitrogens with one attached hydrogen (secondary N) is 1. The van der Waals surface area contributed by atoms with Gasteiger partial charge in [0.05, 0.1) is 36.0 Å².